The van der Waals surface area contributed by atoms with Gasteiger partial charge in [-0.25, -0.2) is 0 Å². The predicted molar refractivity (Wildman–Crippen MR) is 73.3 cm³/mol. The second-order valence-electron chi connectivity index (χ2n) is 4.33. The van der Waals surface area contributed by atoms with Gasteiger partial charge in [-0.2, -0.15) is 11.8 Å². The summed E-state index contributed by atoms with van der Waals surface area (Å²) in [6.07, 6.45) is 2.59. The lowest BCUT2D eigenvalue weighted by molar-refractivity contribution is 0.431. The first kappa shape index (κ1) is 12.3. The van der Waals surface area contributed by atoms with Gasteiger partial charge in [0.1, 0.15) is 0 Å². The maximum Gasteiger partial charge on any atom is 0.0406 e. The molecule has 16 heavy (non-hydrogen) atoms. The van der Waals surface area contributed by atoms with E-state index < -0.39 is 0 Å². The summed E-state index contributed by atoms with van der Waals surface area (Å²) < 4.78 is 0. The first-order valence-corrected chi connectivity index (χ1v) is 7.38. The fourth-order valence-electron chi connectivity index (χ4n) is 2.07. The van der Waals surface area contributed by atoms with Crippen LogP contribution in [0.1, 0.15) is 31.4 Å². The molecule has 1 atom stereocenters. The Morgan fingerprint density at radius 3 is 2.50 bits per heavy atom. The van der Waals surface area contributed by atoms with Gasteiger partial charge in [0.05, 0.1) is 0 Å². The highest BCUT2D eigenvalue weighted by Crippen LogP contribution is 2.21. The molecule has 0 aliphatic carbocycles. The van der Waals surface area contributed by atoms with Crippen molar-refractivity contribution < 1.29 is 0 Å². The van der Waals surface area contributed by atoms with E-state index in [4.69, 9.17) is 11.6 Å². The van der Waals surface area contributed by atoms with Gasteiger partial charge in [-0.1, -0.05) is 23.7 Å². The Morgan fingerprint density at radius 2 is 1.88 bits per heavy atom. The highest BCUT2D eigenvalue weighted by atomic mass is 35.5. The Morgan fingerprint density at radius 1 is 1.25 bits per heavy atom. The Labute approximate surface area is 107 Å². The minimum Gasteiger partial charge on any atom is -0.307 e. The first-order chi connectivity index (χ1) is 7.75. The van der Waals surface area contributed by atoms with Crippen LogP contribution in [-0.4, -0.2) is 17.5 Å². The van der Waals surface area contributed by atoms with Crippen LogP contribution >= 0.6 is 23.4 Å². The third kappa shape index (κ3) is 3.41. The molecule has 0 bridgehead atoms. The van der Waals surface area contributed by atoms with Crippen molar-refractivity contribution in [3.05, 3.63) is 34.9 Å². The minimum atomic E-state index is 0.422. The third-order valence-electron chi connectivity index (χ3n) is 3.08. The van der Waals surface area contributed by atoms with Gasteiger partial charge in [0.15, 0.2) is 0 Å². The highest BCUT2D eigenvalue weighted by molar-refractivity contribution is 7.99. The van der Waals surface area contributed by atoms with Gasteiger partial charge in [-0.05, 0) is 49.0 Å². The molecule has 1 N–H and O–H groups in total. The summed E-state index contributed by atoms with van der Waals surface area (Å²) in [7, 11) is 0. The fourth-order valence-corrected chi connectivity index (χ4v) is 3.30. The molecule has 1 saturated heterocycles. The lowest BCUT2D eigenvalue weighted by atomic mass is 10.1. The average molecular weight is 256 g/mol. The molecular formula is C13H18ClNS. The summed E-state index contributed by atoms with van der Waals surface area (Å²) in [6.45, 7) is 2.23. The minimum absolute atomic E-state index is 0.422. The molecule has 88 valence electrons. The second kappa shape index (κ2) is 5.95. The van der Waals surface area contributed by atoms with Crippen LogP contribution in [0.25, 0.3) is 0 Å². The smallest absolute Gasteiger partial charge is 0.0406 e. The lowest BCUT2D eigenvalue weighted by Gasteiger charge is -2.26. The summed E-state index contributed by atoms with van der Waals surface area (Å²) >= 11 is 7.95. The van der Waals surface area contributed by atoms with Gasteiger partial charge in [0.25, 0.3) is 0 Å². The predicted octanol–water partition coefficient (Wildman–Crippen LogP) is 3.89. The molecule has 1 heterocycles. The Hall–Kier alpha value is -0.180. The number of thioether (sulfide) groups is 1. The summed E-state index contributed by atoms with van der Waals surface area (Å²) in [4.78, 5) is 0. The van der Waals surface area contributed by atoms with E-state index in [-0.39, 0.29) is 0 Å². The number of rotatable bonds is 3. The zero-order chi connectivity index (χ0) is 11.4. The highest BCUT2D eigenvalue weighted by Gasteiger charge is 2.16. The second-order valence-corrected chi connectivity index (χ2v) is 5.99. The van der Waals surface area contributed by atoms with Gasteiger partial charge in [-0.15, -0.1) is 0 Å². The fraction of sp³-hybridized carbons (Fsp3) is 0.538. The van der Waals surface area contributed by atoms with E-state index in [9.17, 15) is 0 Å². The van der Waals surface area contributed by atoms with Gasteiger partial charge in [0, 0.05) is 17.1 Å². The van der Waals surface area contributed by atoms with Crippen molar-refractivity contribution in [1.29, 1.82) is 0 Å². The number of nitrogens with one attached hydrogen (secondary N) is 1. The molecule has 0 spiro atoms. The van der Waals surface area contributed by atoms with E-state index >= 15 is 0 Å². The van der Waals surface area contributed by atoms with Crippen LogP contribution in [0.4, 0.5) is 0 Å². The van der Waals surface area contributed by atoms with Crippen molar-refractivity contribution in [2.24, 2.45) is 0 Å². The molecule has 1 aromatic rings. The molecule has 1 aliphatic rings. The quantitative estimate of drug-likeness (QED) is 0.880. The van der Waals surface area contributed by atoms with Crippen molar-refractivity contribution in [2.45, 2.75) is 31.8 Å². The van der Waals surface area contributed by atoms with Gasteiger partial charge >= 0.3 is 0 Å². The largest absolute Gasteiger partial charge is 0.307 e. The summed E-state index contributed by atoms with van der Waals surface area (Å²) in [5, 5.41) is 4.51. The Kier molecular flexibility index (Phi) is 4.56. The van der Waals surface area contributed by atoms with Gasteiger partial charge < -0.3 is 5.32 Å². The molecule has 0 aromatic heterocycles. The topological polar surface area (TPSA) is 12.0 Å². The number of halogens is 1. The molecular weight excluding hydrogens is 238 g/mol. The monoisotopic (exact) mass is 255 g/mol. The summed E-state index contributed by atoms with van der Waals surface area (Å²) in [5.41, 5.74) is 1.32. The van der Waals surface area contributed by atoms with Crippen molar-refractivity contribution in [1.82, 2.24) is 5.32 Å². The van der Waals surface area contributed by atoms with Crippen LogP contribution in [0.3, 0.4) is 0 Å². The van der Waals surface area contributed by atoms with Crippen LogP contribution < -0.4 is 5.32 Å². The molecule has 2 rings (SSSR count). The average Bonchev–Trinajstić information content (AvgIpc) is 2.31. The van der Waals surface area contributed by atoms with Crippen molar-refractivity contribution in [3.8, 4) is 0 Å². The van der Waals surface area contributed by atoms with Crippen molar-refractivity contribution in [3.63, 3.8) is 0 Å². The number of benzene rings is 1. The Balaban J connectivity index is 1.91. The molecule has 0 saturated carbocycles. The standard InChI is InChI=1S/C13H18ClNS/c1-10(11-2-4-12(14)5-3-11)15-13-6-8-16-9-7-13/h2-5,10,13,15H,6-9H2,1H3/t10-/m0/s1. The molecule has 0 unspecified atom stereocenters. The lowest BCUT2D eigenvalue weighted by Crippen LogP contribution is -2.34. The van der Waals surface area contributed by atoms with Crippen LogP contribution in [-0.2, 0) is 0 Å². The van der Waals surface area contributed by atoms with Crippen LogP contribution in [0.2, 0.25) is 5.02 Å². The first-order valence-electron chi connectivity index (χ1n) is 5.85. The van der Waals surface area contributed by atoms with Crippen LogP contribution in [0.5, 0.6) is 0 Å². The molecule has 1 nitrogen and oxygen atoms in total. The zero-order valence-corrected chi connectivity index (χ0v) is 11.2. The van der Waals surface area contributed by atoms with Crippen LogP contribution in [0, 0.1) is 0 Å². The molecule has 1 fully saturated rings. The molecule has 1 aromatic carbocycles. The van der Waals surface area contributed by atoms with E-state index in [0.29, 0.717) is 12.1 Å². The molecule has 0 radical (unpaired) electrons. The molecule has 3 heteroatoms. The zero-order valence-electron chi connectivity index (χ0n) is 9.58. The Bertz CT molecular complexity index is 319. The number of hydrogen-bond acceptors (Lipinski definition) is 2. The number of hydrogen-bond donors (Lipinski definition) is 1. The maximum atomic E-state index is 5.89. The molecule has 1 aliphatic heterocycles. The van der Waals surface area contributed by atoms with E-state index in [1.807, 2.05) is 12.1 Å². The summed E-state index contributed by atoms with van der Waals surface area (Å²) in [6, 6.07) is 9.25. The van der Waals surface area contributed by atoms with Crippen molar-refractivity contribution >= 4 is 23.4 Å². The normalized spacial score (nSPS) is 19.6. The van der Waals surface area contributed by atoms with Crippen LogP contribution in [0.15, 0.2) is 24.3 Å². The van der Waals surface area contributed by atoms with Crippen molar-refractivity contribution in [2.75, 3.05) is 11.5 Å². The van der Waals surface area contributed by atoms with Gasteiger partial charge in [0.2, 0.25) is 0 Å². The summed E-state index contributed by atoms with van der Waals surface area (Å²) in [5.74, 6) is 2.59. The van der Waals surface area contributed by atoms with E-state index in [2.05, 4.69) is 36.1 Å². The molecule has 0 amide bonds. The van der Waals surface area contributed by atoms with E-state index in [1.165, 1.54) is 29.9 Å². The SMILES string of the molecule is C[C@H](NC1CCSCC1)c1ccc(Cl)cc1. The van der Waals surface area contributed by atoms with E-state index in [0.717, 1.165) is 5.02 Å². The van der Waals surface area contributed by atoms with E-state index in [1.54, 1.807) is 0 Å². The maximum absolute atomic E-state index is 5.89. The third-order valence-corrected chi connectivity index (χ3v) is 4.38. The van der Waals surface area contributed by atoms with Gasteiger partial charge in [-0.3, -0.25) is 0 Å².